The highest BCUT2D eigenvalue weighted by Crippen LogP contribution is 2.48. The second-order valence-corrected chi connectivity index (χ2v) is 4.96. The third kappa shape index (κ3) is 2.90. The van der Waals surface area contributed by atoms with Gasteiger partial charge in [-0.3, -0.25) is 4.79 Å². The van der Waals surface area contributed by atoms with Crippen molar-refractivity contribution in [2.45, 2.75) is 32.7 Å². The fourth-order valence-corrected chi connectivity index (χ4v) is 2.10. The van der Waals surface area contributed by atoms with E-state index in [2.05, 4.69) is 10.3 Å². The molecule has 0 amide bonds. The van der Waals surface area contributed by atoms with E-state index in [1.165, 1.54) is 12.8 Å². The van der Waals surface area contributed by atoms with Gasteiger partial charge in [0.25, 0.3) is 5.56 Å². The van der Waals surface area contributed by atoms with Gasteiger partial charge in [0, 0.05) is 39.2 Å². The summed E-state index contributed by atoms with van der Waals surface area (Å²) in [6.45, 7) is 4.21. The van der Waals surface area contributed by atoms with Gasteiger partial charge in [-0.05, 0) is 31.6 Å². The second kappa shape index (κ2) is 5.52. The quantitative estimate of drug-likeness (QED) is 0.797. The summed E-state index contributed by atoms with van der Waals surface area (Å²) >= 11 is 0. The van der Waals surface area contributed by atoms with Gasteiger partial charge in [0.2, 0.25) is 0 Å². The van der Waals surface area contributed by atoms with Crippen molar-refractivity contribution in [2.75, 3.05) is 25.6 Å². The van der Waals surface area contributed by atoms with Crippen molar-refractivity contribution in [1.82, 2.24) is 9.55 Å². The number of aryl methyl sites for hydroxylation is 1. The van der Waals surface area contributed by atoms with E-state index in [9.17, 15) is 4.79 Å². The molecule has 1 aliphatic rings. The third-order valence-corrected chi connectivity index (χ3v) is 3.68. The topological polar surface area (TPSA) is 56.1 Å². The minimum Gasteiger partial charge on any atom is -0.385 e. The van der Waals surface area contributed by atoms with Gasteiger partial charge in [-0.25, -0.2) is 4.98 Å². The highest BCUT2D eigenvalue weighted by molar-refractivity contribution is 5.31. The van der Waals surface area contributed by atoms with Crippen LogP contribution in [0.2, 0.25) is 0 Å². The van der Waals surface area contributed by atoms with Crippen LogP contribution in [0, 0.1) is 5.41 Å². The highest BCUT2D eigenvalue weighted by atomic mass is 16.5. The van der Waals surface area contributed by atoms with Crippen molar-refractivity contribution in [3.63, 3.8) is 0 Å². The molecule has 5 heteroatoms. The average Bonchev–Trinajstić information content (AvgIpc) is 3.16. The molecular formula is C13H21N3O2. The molecule has 1 fully saturated rings. The number of methoxy groups -OCH3 is 1. The summed E-state index contributed by atoms with van der Waals surface area (Å²) in [4.78, 5) is 16.1. The molecule has 18 heavy (non-hydrogen) atoms. The first-order chi connectivity index (χ1) is 8.71. The van der Waals surface area contributed by atoms with Crippen LogP contribution in [-0.4, -0.2) is 29.8 Å². The van der Waals surface area contributed by atoms with Gasteiger partial charge in [-0.1, -0.05) is 0 Å². The maximum Gasteiger partial charge on any atom is 0.293 e. The third-order valence-electron chi connectivity index (χ3n) is 3.68. The van der Waals surface area contributed by atoms with Crippen molar-refractivity contribution in [2.24, 2.45) is 5.41 Å². The molecule has 5 nitrogen and oxygen atoms in total. The smallest absolute Gasteiger partial charge is 0.293 e. The normalized spacial score (nSPS) is 16.6. The van der Waals surface area contributed by atoms with Crippen molar-refractivity contribution in [3.8, 4) is 0 Å². The Bertz CT molecular complexity index is 452. The first-order valence-electron chi connectivity index (χ1n) is 6.49. The van der Waals surface area contributed by atoms with Gasteiger partial charge in [0.05, 0.1) is 0 Å². The lowest BCUT2D eigenvalue weighted by Crippen LogP contribution is -2.26. The molecule has 1 aliphatic carbocycles. The Morgan fingerprint density at radius 1 is 1.56 bits per heavy atom. The highest BCUT2D eigenvalue weighted by Gasteiger charge is 2.41. The van der Waals surface area contributed by atoms with E-state index < -0.39 is 0 Å². The van der Waals surface area contributed by atoms with E-state index in [0.717, 1.165) is 19.6 Å². The predicted octanol–water partition coefficient (Wildman–Crippen LogP) is 1.49. The second-order valence-electron chi connectivity index (χ2n) is 4.96. The SMILES string of the molecule is CCn1ccnc(NCC2(CCOC)CC2)c1=O. The van der Waals surface area contributed by atoms with Gasteiger partial charge in [-0.15, -0.1) is 0 Å². The Labute approximate surface area is 107 Å². The standard InChI is InChI=1S/C13H21N3O2/c1-3-16-8-7-14-11(12(16)17)15-10-13(4-5-13)6-9-18-2/h7-8H,3-6,9-10H2,1-2H3,(H,14,15). The molecule has 1 heterocycles. The number of rotatable bonds is 7. The Balaban J connectivity index is 1.96. The van der Waals surface area contributed by atoms with Gasteiger partial charge >= 0.3 is 0 Å². The zero-order valence-electron chi connectivity index (χ0n) is 11.1. The molecule has 2 rings (SSSR count). The first kappa shape index (κ1) is 13.1. The number of nitrogens with zero attached hydrogens (tertiary/aromatic N) is 2. The fraction of sp³-hybridized carbons (Fsp3) is 0.692. The Morgan fingerprint density at radius 2 is 2.33 bits per heavy atom. The molecule has 1 N–H and O–H groups in total. The molecule has 1 aromatic rings. The minimum absolute atomic E-state index is 0.0393. The average molecular weight is 251 g/mol. The predicted molar refractivity (Wildman–Crippen MR) is 70.8 cm³/mol. The Kier molecular flexibility index (Phi) is 4.01. The summed E-state index contributed by atoms with van der Waals surface area (Å²) in [7, 11) is 1.72. The summed E-state index contributed by atoms with van der Waals surface area (Å²) in [5.74, 6) is 0.461. The van der Waals surface area contributed by atoms with E-state index in [1.807, 2.05) is 6.92 Å². The maximum absolute atomic E-state index is 12.0. The van der Waals surface area contributed by atoms with Crippen molar-refractivity contribution in [1.29, 1.82) is 0 Å². The number of nitrogens with one attached hydrogen (secondary N) is 1. The van der Waals surface area contributed by atoms with E-state index >= 15 is 0 Å². The lowest BCUT2D eigenvalue weighted by atomic mass is 10.0. The molecule has 0 spiro atoms. The van der Waals surface area contributed by atoms with Gasteiger partial charge in [0.1, 0.15) is 0 Å². The van der Waals surface area contributed by atoms with Crippen molar-refractivity contribution < 1.29 is 4.74 Å². The van der Waals surface area contributed by atoms with E-state index in [4.69, 9.17) is 4.74 Å². The van der Waals surface area contributed by atoms with Crippen LogP contribution in [0.5, 0.6) is 0 Å². The summed E-state index contributed by atoms with van der Waals surface area (Å²) < 4.78 is 6.78. The number of ether oxygens (including phenoxy) is 1. The van der Waals surface area contributed by atoms with Gasteiger partial charge < -0.3 is 14.6 Å². The van der Waals surface area contributed by atoms with Crippen molar-refractivity contribution >= 4 is 5.82 Å². The molecule has 0 atom stereocenters. The molecule has 1 saturated carbocycles. The number of anilines is 1. The number of hydrogen-bond acceptors (Lipinski definition) is 4. The summed E-state index contributed by atoms with van der Waals surface area (Å²) in [6, 6.07) is 0. The molecule has 0 saturated heterocycles. The summed E-state index contributed by atoms with van der Waals surface area (Å²) in [5.41, 5.74) is 0.277. The minimum atomic E-state index is -0.0393. The van der Waals surface area contributed by atoms with E-state index in [-0.39, 0.29) is 5.56 Å². The van der Waals surface area contributed by atoms with Crippen molar-refractivity contribution in [3.05, 3.63) is 22.7 Å². The van der Waals surface area contributed by atoms with Crippen LogP contribution in [-0.2, 0) is 11.3 Å². The largest absolute Gasteiger partial charge is 0.385 e. The molecule has 0 unspecified atom stereocenters. The lowest BCUT2D eigenvalue weighted by molar-refractivity contribution is 0.175. The van der Waals surface area contributed by atoms with Crippen LogP contribution in [0.3, 0.4) is 0 Å². The monoisotopic (exact) mass is 251 g/mol. The van der Waals surface area contributed by atoms with Crippen LogP contribution in [0.1, 0.15) is 26.2 Å². The summed E-state index contributed by atoms with van der Waals surface area (Å²) in [6.07, 6.45) is 6.84. The molecule has 100 valence electrons. The Hall–Kier alpha value is -1.36. The fourth-order valence-electron chi connectivity index (χ4n) is 2.10. The van der Waals surface area contributed by atoms with Crippen LogP contribution < -0.4 is 10.9 Å². The zero-order valence-corrected chi connectivity index (χ0v) is 11.1. The van der Waals surface area contributed by atoms with Crippen LogP contribution >= 0.6 is 0 Å². The Morgan fingerprint density at radius 3 is 2.94 bits per heavy atom. The molecule has 1 aromatic heterocycles. The summed E-state index contributed by atoms with van der Waals surface area (Å²) in [5, 5.41) is 3.20. The maximum atomic E-state index is 12.0. The van der Waals surface area contributed by atoms with E-state index in [0.29, 0.717) is 17.8 Å². The zero-order chi connectivity index (χ0) is 13.0. The first-order valence-corrected chi connectivity index (χ1v) is 6.49. The van der Waals surface area contributed by atoms with Crippen LogP contribution in [0.4, 0.5) is 5.82 Å². The molecule has 0 aromatic carbocycles. The van der Waals surface area contributed by atoms with Gasteiger partial charge in [-0.2, -0.15) is 0 Å². The lowest BCUT2D eigenvalue weighted by Gasteiger charge is -2.15. The van der Waals surface area contributed by atoms with Crippen LogP contribution in [0.15, 0.2) is 17.2 Å². The molecule has 0 bridgehead atoms. The molecule has 0 radical (unpaired) electrons. The molecular weight excluding hydrogens is 230 g/mol. The number of aromatic nitrogens is 2. The van der Waals surface area contributed by atoms with Gasteiger partial charge in [0.15, 0.2) is 5.82 Å². The van der Waals surface area contributed by atoms with Crippen LogP contribution in [0.25, 0.3) is 0 Å². The van der Waals surface area contributed by atoms with E-state index in [1.54, 1.807) is 24.1 Å². The molecule has 0 aliphatic heterocycles. The number of hydrogen-bond donors (Lipinski definition) is 1.